The molecule has 0 amide bonds. The topological polar surface area (TPSA) is 380 Å². The quantitative estimate of drug-likeness (QED) is 0.0117. The van der Waals surface area contributed by atoms with Crippen molar-refractivity contribution in [3.63, 3.8) is 0 Å². The maximum atomic E-state index is 15.0. The molecule has 25 nitrogen and oxygen atoms in total. The Bertz CT molecular complexity index is 2590. The second kappa shape index (κ2) is 73.1. The lowest BCUT2D eigenvalue weighted by Gasteiger charge is -2.50. The van der Waals surface area contributed by atoms with Crippen molar-refractivity contribution in [2.45, 2.75) is 551 Å². The number of unbranched alkanes of at least 4 members (excludes halogenated alkanes) is 45. The average Bonchev–Trinajstić information content (AvgIpc) is 0.753. The lowest BCUT2D eigenvalue weighted by atomic mass is 9.84. The molecule has 0 radical (unpaired) electrons. The molecule has 26 heteroatoms. The lowest BCUT2D eigenvalue weighted by Crippen LogP contribution is -2.70. The third-order valence-corrected chi connectivity index (χ3v) is 26.5. The van der Waals surface area contributed by atoms with Crippen LogP contribution in [0.5, 0.6) is 0 Å². The first-order valence-electron chi connectivity index (χ1n) is 50.4. The summed E-state index contributed by atoms with van der Waals surface area (Å²) in [5.74, 6) is -0.944. The van der Waals surface area contributed by atoms with Crippen molar-refractivity contribution >= 4 is 31.7 Å². The number of esters is 4. The molecule has 2 aliphatic heterocycles. The van der Waals surface area contributed by atoms with Crippen molar-refractivity contribution in [1.82, 2.24) is 0 Å². The molecule has 0 bridgehead atoms. The van der Waals surface area contributed by atoms with E-state index in [2.05, 4.69) is 48.5 Å². The van der Waals surface area contributed by atoms with Crippen LogP contribution < -0.4 is 0 Å². The number of ether oxygens (including phenoxy) is 8. The van der Waals surface area contributed by atoms with Crippen LogP contribution in [0.2, 0.25) is 0 Å². The minimum absolute atomic E-state index is 0.0164. The Morgan fingerprint density at radius 3 is 0.967 bits per heavy atom. The molecule has 0 aromatic heterocycles. The molecule has 21 atom stereocenters. The first-order valence-corrected chi connectivity index (χ1v) is 51.9. The lowest BCUT2D eigenvalue weighted by molar-refractivity contribution is -0.360. The maximum absolute atomic E-state index is 15.0. The second-order valence-corrected chi connectivity index (χ2v) is 38.6. The van der Waals surface area contributed by atoms with Crippen molar-refractivity contribution in [1.29, 1.82) is 0 Å². The van der Waals surface area contributed by atoms with E-state index in [1.165, 1.54) is 212 Å². The fourth-order valence-electron chi connectivity index (χ4n) is 17.3. The molecule has 0 aromatic rings. The van der Waals surface area contributed by atoms with Gasteiger partial charge in [-0.1, -0.05) is 395 Å². The Morgan fingerprint density at radius 2 is 0.610 bits per heavy atom. The second-order valence-electron chi connectivity index (χ2n) is 37.2. The number of hydrogen-bond acceptors (Lipinski definition) is 24. The van der Waals surface area contributed by atoms with Gasteiger partial charge in [-0.15, -0.1) is 0 Å². The van der Waals surface area contributed by atoms with E-state index in [-0.39, 0.29) is 25.7 Å². The monoisotopic (exact) mass is 1780 g/mol. The summed E-state index contributed by atoms with van der Waals surface area (Å²) in [6.07, 6.45) is 27.9. The van der Waals surface area contributed by atoms with Crippen LogP contribution in [-0.2, 0) is 70.7 Å². The molecule has 2 heterocycles. The van der Waals surface area contributed by atoms with Crippen LogP contribution in [0.3, 0.4) is 0 Å². The van der Waals surface area contributed by atoms with E-state index in [0.29, 0.717) is 49.9 Å². The number of rotatable bonds is 81. The van der Waals surface area contributed by atoms with Crippen LogP contribution >= 0.6 is 7.82 Å². The summed E-state index contributed by atoms with van der Waals surface area (Å²) in [5, 5.41) is 103. The third kappa shape index (κ3) is 53.5. The Kier molecular flexibility index (Phi) is 68.1. The number of carbonyl (C=O) groups excluding carboxylic acids is 4. The summed E-state index contributed by atoms with van der Waals surface area (Å²) >= 11 is 0. The van der Waals surface area contributed by atoms with Gasteiger partial charge in [-0.05, 0) is 43.4 Å². The summed E-state index contributed by atoms with van der Waals surface area (Å²) in [4.78, 5) is 66.8. The molecular weight excluding hydrogens is 1600 g/mol. The van der Waals surface area contributed by atoms with Gasteiger partial charge in [-0.3, -0.25) is 28.2 Å². The molecule has 0 spiro atoms. The molecule has 726 valence electrons. The van der Waals surface area contributed by atoms with Gasteiger partial charge < -0.3 is 88.7 Å². The molecule has 2 saturated heterocycles. The highest BCUT2D eigenvalue weighted by Gasteiger charge is 2.60. The Labute approximate surface area is 744 Å². The van der Waals surface area contributed by atoms with Crippen LogP contribution in [0, 0.1) is 17.8 Å². The highest BCUT2D eigenvalue weighted by Crippen LogP contribution is 2.49. The van der Waals surface area contributed by atoms with Crippen molar-refractivity contribution < 1.29 is 122 Å². The highest BCUT2D eigenvalue weighted by molar-refractivity contribution is 7.47. The van der Waals surface area contributed by atoms with Crippen LogP contribution in [0.1, 0.15) is 447 Å². The average molecular weight is 1780 g/mol. The Balaban J connectivity index is 1.92. The number of aliphatic hydroxyl groups is 9. The van der Waals surface area contributed by atoms with Gasteiger partial charge in [0.15, 0.2) is 24.8 Å². The van der Waals surface area contributed by atoms with Crippen LogP contribution in [0.15, 0.2) is 0 Å². The third-order valence-electron chi connectivity index (χ3n) is 25.5. The minimum atomic E-state index is -5.81. The minimum Gasteiger partial charge on any atom is -0.463 e. The molecule has 123 heavy (non-hydrogen) atoms. The standard InChI is InChI=1S/C97H183O25P/c1-8-12-16-20-24-25-26-27-28-29-30-31-32-33-48-58-68-82(101)116-77(71-113-80(99)66-56-46-37-34-43-53-63-74(5)60-50-40-21-17-13-9-2)72-115-123(111,112)122-95-93(120-96-90(109)86(105)84(103)78(70-98)117-96)89(108)88(107)92(119-83(102)69-59-49-39-36-45-55-65-76(7)62-52-42-23-19-15-11-4)94(95)121-97-91(110)87(106)85(104)79(118-97)73-114-81(100)67-57-47-38-35-44-54-64-75(6)61-51-41-22-18-14-10-3/h74-79,84-98,103-110H,8-73H2,1-7H3,(H,111,112). The van der Waals surface area contributed by atoms with Gasteiger partial charge in [0.2, 0.25) is 0 Å². The zero-order chi connectivity index (χ0) is 90.1. The van der Waals surface area contributed by atoms with Crippen LogP contribution in [0.25, 0.3) is 0 Å². The van der Waals surface area contributed by atoms with Gasteiger partial charge in [0, 0.05) is 25.7 Å². The largest absolute Gasteiger partial charge is 0.472 e. The molecule has 0 aromatic carbocycles. The van der Waals surface area contributed by atoms with E-state index in [1.807, 2.05) is 0 Å². The van der Waals surface area contributed by atoms with Crippen molar-refractivity contribution in [3.05, 3.63) is 0 Å². The number of carbonyl (C=O) groups is 4. The Morgan fingerprint density at radius 1 is 0.317 bits per heavy atom. The number of hydrogen-bond donors (Lipinski definition) is 10. The SMILES string of the molecule is CCCCCCCCCCCCCCCCCCC(=O)OC(COC(=O)CCCCCCCCC(C)CCCCCCCC)COP(=O)(O)OC1C(OC2OC(CO)C(O)C(O)C2O)C(O)C(O)C(OC(=O)CCCCCCCCC(C)CCCCCCCC)C1OC1OC(COC(=O)CCCCCCCCC(C)CCCCCCCC)C(O)C(O)C1O. The zero-order valence-electron chi connectivity index (χ0n) is 78.3. The van der Waals surface area contributed by atoms with Crippen molar-refractivity contribution in [2.24, 2.45) is 17.8 Å². The van der Waals surface area contributed by atoms with Gasteiger partial charge in [0.05, 0.1) is 13.2 Å². The summed E-state index contributed by atoms with van der Waals surface area (Å²) in [7, 11) is -5.81. The van der Waals surface area contributed by atoms with Gasteiger partial charge >= 0.3 is 31.7 Å². The molecule has 10 N–H and O–H groups in total. The molecule has 21 unspecified atom stereocenters. The fraction of sp³-hybridized carbons (Fsp3) is 0.959. The molecule has 3 aliphatic rings. The molecule has 1 saturated carbocycles. The van der Waals surface area contributed by atoms with E-state index < -0.39 is 162 Å². The molecule has 3 fully saturated rings. The van der Waals surface area contributed by atoms with Gasteiger partial charge in [-0.25, -0.2) is 4.57 Å². The fourth-order valence-corrected chi connectivity index (χ4v) is 18.3. The first kappa shape index (κ1) is 115. The Hall–Kier alpha value is -2.53. The van der Waals surface area contributed by atoms with E-state index in [1.54, 1.807) is 0 Å². The number of aliphatic hydroxyl groups excluding tert-OH is 9. The van der Waals surface area contributed by atoms with Crippen molar-refractivity contribution in [2.75, 3.05) is 26.4 Å². The van der Waals surface area contributed by atoms with E-state index in [0.717, 1.165) is 128 Å². The van der Waals surface area contributed by atoms with E-state index >= 15 is 0 Å². The summed E-state index contributed by atoms with van der Waals surface area (Å²) in [6.45, 7) is 12.6. The predicted molar refractivity (Wildman–Crippen MR) is 481 cm³/mol. The zero-order valence-corrected chi connectivity index (χ0v) is 79.2. The maximum Gasteiger partial charge on any atom is 0.472 e. The summed E-state index contributed by atoms with van der Waals surface area (Å²) in [6, 6.07) is 0. The predicted octanol–water partition coefficient (Wildman–Crippen LogP) is 19.7. The van der Waals surface area contributed by atoms with Crippen molar-refractivity contribution in [3.8, 4) is 0 Å². The first-order chi connectivity index (χ1) is 59.4. The number of phosphoric acid groups is 1. The van der Waals surface area contributed by atoms with Gasteiger partial charge in [0.1, 0.15) is 92.6 Å². The van der Waals surface area contributed by atoms with E-state index in [9.17, 15) is 74.6 Å². The van der Waals surface area contributed by atoms with Gasteiger partial charge in [0.25, 0.3) is 0 Å². The summed E-state index contributed by atoms with van der Waals surface area (Å²) < 4.78 is 73.8. The molecule has 1 aliphatic carbocycles. The molecule has 3 rings (SSSR count). The van der Waals surface area contributed by atoms with Crippen LogP contribution in [-0.4, -0.2) is 205 Å². The summed E-state index contributed by atoms with van der Waals surface area (Å²) in [5.41, 5.74) is 0. The van der Waals surface area contributed by atoms with Crippen LogP contribution in [0.4, 0.5) is 0 Å². The van der Waals surface area contributed by atoms with Gasteiger partial charge in [-0.2, -0.15) is 0 Å². The number of phosphoric ester groups is 1. The highest BCUT2D eigenvalue weighted by atomic mass is 31.2. The smallest absolute Gasteiger partial charge is 0.463 e. The molecular formula is C97H183O25P. The van der Waals surface area contributed by atoms with E-state index in [4.69, 9.17) is 46.9 Å². The normalized spacial score (nSPS) is 25.1.